The average molecular weight is 344 g/mol. The number of aryl methyl sites for hydroxylation is 1. The van der Waals surface area contributed by atoms with Crippen molar-refractivity contribution in [2.24, 2.45) is 0 Å². The van der Waals surface area contributed by atoms with Gasteiger partial charge in [0.05, 0.1) is 22.6 Å². The number of carbonyl (C=O) groups excluding carboxylic acids is 1. The number of nitrogens with one attached hydrogen (secondary N) is 1. The first kappa shape index (κ1) is 16.2. The zero-order valence-electron chi connectivity index (χ0n) is 13.5. The molecule has 6 nitrogen and oxygen atoms in total. The lowest BCUT2D eigenvalue weighted by atomic mass is 9.81. The van der Waals surface area contributed by atoms with Crippen LogP contribution in [-0.2, 0) is 9.53 Å². The van der Waals surface area contributed by atoms with E-state index in [0.29, 0.717) is 16.8 Å². The number of benzene rings is 1. The molecule has 0 radical (unpaired) electrons. The van der Waals surface area contributed by atoms with Crippen LogP contribution < -0.4 is 5.32 Å². The fourth-order valence-corrected chi connectivity index (χ4v) is 4.08. The number of hydrogen-bond donors (Lipinski definition) is 1. The normalized spacial score (nSPS) is 16.4. The van der Waals surface area contributed by atoms with Crippen LogP contribution in [0.15, 0.2) is 40.9 Å². The van der Waals surface area contributed by atoms with Crippen molar-refractivity contribution >= 4 is 28.0 Å². The maximum atomic E-state index is 12.4. The van der Waals surface area contributed by atoms with E-state index in [0.717, 1.165) is 16.1 Å². The van der Waals surface area contributed by atoms with Crippen molar-refractivity contribution < 1.29 is 14.5 Å². The zero-order valence-corrected chi connectivity index (χ0v) is 14.3. The SMILES string of the molecule is COC(=O)C1=C(C)Nc2scc(C)c2C1c1cccc([N+](=O)[O-])c1. The van der Waals surface area contributed by atoms with Gasteiger partial charge in [-0.05, 0) is 30.4 Å². The molecule has 1 aromatic heterocycles. The van der Waals surface area contributed by atoms with E-state index < -0.39 is 10.9 Å². The van der Waals surface area contributed by atoms with Crippen molar-refractivity contribution in [3.05, 3.63) is 67.7 Å². The minimum absolute atomic E-state index is 0.00216. The monoisotopic (exact) mass is 344 g/mol. The summed E-state index contributed by atoms with van der Waals surface area (Å²) >= 11 is 1.55. The topological polar surface area (TPSA) is 81.5 Å². The fraction of sp³-hybridized carbons (Fsp3) is 0.235. The van der Waals surface area contributed by atoms with Crippen molar-refractivity contribution in [2.75, 3.05) is 12.4 Å². The number of carbonyl (C=O) groups is 1. The van der Waals surface area contributed by atoms with E-state index in [9.17, 15) is 14.9 Å². The first-order valence-corrected chi connectivity index (χ1v) is 8.20. The van der Waals surface area contributed by atoms with Gasteiger partial charge in [-0.1, -0.05) is 12.1 Å². The number of thiophene rings is 1. The Kier molecular flexibility index (Phi) is 4.11. The lowest BCUT2D eigenvalue weighted by Gasteiger charge is -2.28. The Labute approximate surface area is 142 Å². The molecular formula is C17H16N2O4S. The Balaban J connectivity index is 2.24. The van der Waals surface area contributed by atoms with Gasteiger partial charge in [0.1, 0.15) is 0 Å². The highest BCUT2D eigenvalue weighted by atomic mass is 32.1. The van der Waals surface area contributed by atoms with E-state index in [-0.39, 0.29) is 11.6 Å². The quantitative estimate of drug-likeness (QED) is 0.517. The summed E-state index contributed by atoms with van der Waals surface area (Å²) in [7, 11) is 1.34. The number of nitro groups is 1. The molecule has 0 bridgehead atoms. The number of fused-ring (bicyclic) bond motifs is 1. The molecule has 1 N–H and O–H groups in total. The molecule has 7 heteroatoms. The number of hydrogen-bond acceptors (Lipinski definition) is 6. The highest BCUT2D eigenvalue weighted by Crippen LogP contribution is 2.46. The summed E-state index contributed by atoms with van der Waals surface area (Å²) in [6.45, 7) is 3.78. The predicted octanol–water partition coefficient (Wildman–Crippen LogP) is 3.97. The predicted molar refractivity (Wildman–Crippen MR) is 92.3 cm³/mol. The van der Waals surface area contributed by atoms with Gasteiger partial charge in [0.15, 0.2) is 0 Å². The summed E-state index contributed by atoms with van der Waals surface area (Å²) in [4.78, 5) is 23.1. The van der Waals surface area contributed by atoms with Gasteiger partial charge in [0, 0.05) is 29.3 Å². The molecule has 1 aliphatic heterocycles. The first-order chi connectivity index (χ1) is 11.4. The van der Waals surface area contributed by atoms with Gasteiger partial charge in [-0.3, -0.25) is 10.1 Å². The lowest BCUT2D eigenvalue weighted by molar-refractivity contribution is -0.384. The summed E-state index contributed by atoms with van der Waals surface area (Å²) in [6.07, 6.45) is 0. The standard InChI is InChI=1S/C17H16N2O4S/c1-9-8-24-16-13(9)15(14(10(2)18-16)17(20)23-3)11-5-4-6-12(7-11)19(21)22/h4-8,15,18H,1-3H3. The number of rotatable bonds is 3. The van der Waals surface area contributed by atoms with Crippen LogP contribution in [0.4, 0.5) is 10.7 Å². The highest BCUT2D eigenvalue weighted by molar-refractivity contribution is 7.14. The Morgan fingerprint density at radius 3 is 2.79 bits per heavy atom. The molecule has 1 atom stereocenters. The molecule has 3 rings (SSSR count). The van der Waals surface area contributed by atoms with E-state index >= 15 is 0 Å². The molecule has 1 aromatic carbocycles. The van der Waals surface area contributed by atoms with E-state index in [1.54, 1.807) is 23.5 Å². The van der Waals surface area contributed by atoms with Crippen LogP contribution in [0.3, 0.4) is 0 Å². The first-order valence-electron chi connectivity index (χ1n) is 7.32. The smallest absolute Gasteiger partial charge is 0.336 e. The second kappa shape index (κ2) is 6.09. The zero-order chi connectivity index (χ0) is 17.4. The molecule has 1 aliphatic rings. The van der Waals surface area contributed by atoms with Crippen LogP contribution >= 0.6 is 11.3 Å². The molecule has 0 fully saturated rings. The van der Waals surface area contributed by atoms with E-state index in [4.69, 9.17) is 4.74 Å². The second-order valence-electron chi connectivity index (χ2n) is 5.60. The molecule has 0 spiro atoms. The van der Waals surface area contributed by atoms with Crippen LogP contribution in [0.2, 0.25) is 0 Å². The third-order valence-corrected chi connectivity index (χ3v) is 5.15. The number of allylic oxidation sites excluding steroid dienone is 1. The third kappa shape index (κ3) is 2.56. The maximum Gasteiger partial charge on any atom is 0.336 e. The summed E-state index contributed by atoms with van der Waals surface area (Å²) in [5, 5.41) is 17.3. The summed E-state index contributed by atoms with van der Waals surface area (Å²) in [5.41, 5.74) is 3.88. The van der Waals surface area contributed by atoms with Gasteiger partial charge < -0.3 is 10.1 Å². The summed E-state index contributed by atoms with van der Waals surface area (Å²) < 4.78 is 4.95. The molecule has 0 saturated heterocycles. The van der Waals surface area contributed by atoms with Crippen molar-refractivity contribution in [2.45, 2.75) is 19.8 Å². The molecule has 0 aliphatic carbocycles. The molecule has 124 valence electrons. The highest BCUT2D eigenvalue weighted by Gasteiger charge is 2.35. The summed E-state index contributed by atoms with van der Waals surface area (Å²) in [5.74, 6) is -0.826. The van der Waals surface area contributed by atoms with Gasteiger partial charge in [0.2, 0.25) is 0 Å². The van der Waals surface area contributed by atoms with Crippen molar-refractivity contribution in [3.63, 3.8) is 0 Å². The van der Waals surface area contributed by atoms with Gasteiger partial charge in [0.25, 0.3) is 5.69 Å². The molecule has 0 amide bonds. The van der Waals surface area contributed by atoms with E-state index in [1.807, 2.05) is 19.2 Å². The number of ether oxygens (including phenoxy) is 1. The van der Waals surface area contributed by atoms with Crippen molar-refractivity contribution in [3.8, 4) is 0 Å². The number of nitrogens with zero attached hydrogens (tertiary/aromatic N) is 1. The Bertz CT molecular complexity index is 869. The van der Waals surface area contributed by atoms with Gasteiger partial charge in [-0.25, -0.2) is 4.79 Å². The largest absolute Gasteiger partial charge is 0.466 e. The number of anilines is 1. The fourth-order valence-electron chi connectivity index (χ4n) is 3.04. The second-order valence-corrected chi connectivity index (χ2v) is 6.48. The Morgan fingerprint density at radius 1 is 1.38 bits per heavy atom. The minimum atomic E-state index is -0.437. The number of non-ortho nitro benzene ring substituents is 1. The minimum Gasteiger partial charge on any atom is -0.466 e. The van der Waals surface area contributed by atoms with Crippen molar-refractivity contribution in [1.29, 1.82) is 0 Å². The van der Waals surface area contributed by atoms with Crippen LogP contribution in [0.25, 0.3) is 0 Å². The van der Waals surface area contributed by atoms with Crippen LogP contribution in [-0.4, -0.2) is 18.0 Å². The van der Waals surface area contributed by atoms with Gasteiger partial charge in [-0.15, -0.1) is 11.3 Å². The molecule has 2 heterocycles. The van der Waals surface area contributed by atoms with E-state index in [2.05, 4.69) is 5.32 Å². The maximum absolute atomic E-state index is 12.4. The van der Waals surface area contributed by atoms with Crippen LogP contribution in [0.5, 0.6) is 0 Å². The molecule has 0 saturated carbocycles. The number of methoxy groups -OCH3 is 1. The van der Waals surface area contributed by atoms with Crippen LogP contribution in [0.1, 0.15) is 29.5 Å². The number of nitro benzene ring substituents is 1. The van der Waals surface area contributed by atoms with Gasteiger partial charge in [-0.2, -0.15) is 0 Å². The van der Waals surface area contributed by atoms with Crippen LogP contribution in [0, 0.1) is 17.0 Å². The molecular weight excluding hydrogens is 328 g/mol. The Hall–Kier alpha value is -2.67. The Morgan fingerprint density at radius 2 is 2.12 bits per heavy atom. The molecule has 2 aromatic rings. The lowest BCUT2D eigenvalue weighted by Crippen LogP contribution is -2.23. The molecule has 24 heavy (non-hydrogen) atoms. The third-order valence-electron chi connectivity index (χ3n) is 4.13. The van der Waals surface area contributed by atoms with Crippen molar-refractivity contribution in [1.82, 2.24) is 0 Å². The van der Waals surface area contributed by atoms with E-state index in [1.165, 1.54) is 19.2 Å². The number of esters is 1. The molecule has 1 unspecified atom stereocenters. The summed E-state index contributed by atoms with van der Waals surface area (Å²) in [6, 6.07) is 6.41. The average Bonchev–Trinajstić information content (AvgIpc) is 2.93. The van der Waals surface area contributed by atoms with Gasteiger partial charge >= 0.3 is 5.97 Å².